The number of halogens is 1. The average Bonchev–Trinajstić information content (AvgIpc) is 3.12. The van der Waals surface area contributed by atoms with Gasteiger partial charge in [-0.15, -0.1) is 10.2 Å². The molecule has 0 radical (unpaired) electrons. The van der Waals surface area contributed by atoms with Crippen LogP contribution in [0.4, 0.5) is 5.82 Å². The molecule has 0 bridgehead atoms. The van der Waals surface area contributed by atoms with Crippen LogP contribution >= 0.6 is 11.6 Å². The zero-order valence-corrected chi connectivity index (χ0v) is 15.7. The molecule has 3 aromatic rings. The van der Waals surface area contributed by atoms with Crippen LogP contribution < -0.4 is 10.2 Å². The van der Waals surface area contributed by atoms with Crippen LogP contribution in [0.15, 0.2) is 42.6 Å². The number of amides is 1. The summed E-state index contributed by atoms with van der Waals surface area (Å²) in [7, 11) is 0. The van der Waals surface area contributed by atoms with E-state index in [1.54, 1.807) is 6.07 Å². The number of rotatable bonds is 5. The van der Waals surface area contributed by atoms with Crippen LogP contribution in [0.1, 0.15) is 18.4 Å². The number of H-pyrrole nitrogens is 1. The van der Waals surface area contributed by atoms with Crippen LogP contribution in [0.3, 0.4) is 0 Å². The summed E-state index contributed by atoms with van der Waals surface area (Å²) in [6.07, 6.45) is 4.70. The van der Waals surface area contributed by atoms with Crippen LogP contribution in [-0.2, 0) is 11.2 Å². The van der Waals surface area contributed by atoms with Gasteiger partial charge in [0, 0.05) is 36.7 Å². The number of aromatic amines is 1. The predicted molar refractivity (Wildman–Crippen MR) is 107 cm³/mol. The van der Waals surface area contributed by atoms with Crippen molar-refractivity contribution >= 4 is 34.2 Å². The largest absolute Gasteiger partial charge is 0.361 e. The molecule has 2 N–H and O–H groups in total. The average molecular weight is 384 g/mol. The molecular formula is C20H22ClN5O. The third kappa shape index (κ3) is 4.06. The second-order valence-electron chi connectivity index (χ2n) is 6.90. The lowest BCUT2D eigenvalue weighted by atomic mass is 9.97. The van der Waals surface area contributed by atoms with Gasteiger partial charge in [0.1, 0.15) is 0 Å². The van der Waals surface area contributed by atoms with Crippen LogP contribution in [0.2, 0.25) is 5.15 Å². The molecule has 6 nitrogen and oxygen atoms in total. The number of hydrogen-bond donors (Lipinski definition) is 2. The van der Waals surface area contributed by atoms with Crippen molar-refractivity contribution in [2.24, 2.45) is 5.92 Å². The van der Waals surface area contributed by atoms with Gasteiger partial charge in [-0.1, -0.05) is 29.8 Å². The molecule has 0 spiro atoms. The third-order valence-corrected chi connectivity index (χ3v) is 5.30. The molecule has 1 saturated heterocycles. The molecule has 2 aromatic heterocycles. The fourth-order valence-corrected chi connectivity index (χ4v) is 3.78. The molecule has 4 rings (SSSR count). The summed E-state index contributed by atoms with van der Waals surface area (Å²) in [6, 6.07) is 11.8. The second kappa shape index (κ2) is 7.96. The Labute approximate surface area is 162 Å². The SMILES string of the molecule is O=C(NCCc1c[nH]c2ccccc12)[C@@H]1CCCN(c2ccc(Cl)nn2)C1. The monoisotopic (exact) mass is 383 g/mol. The number of hydrogen-bond acceptors (Lipinski definition) is 4. The molecule has 1 aromatic carbocycles. The Hall–Kier alpha value is -2.60. The molecule has 0 saturated carbocycles. The molecule has 7 heteroatoms. The fraction of sp³-hybridized carbons (Fsp3) is 0.350. The molecule has 1 amide bonds. The van der Waals surface area contributed by atoms with Gasteiger partial charge in [0.05, 0.1) is 5.92 Å². The molecular weight excluding hydrogens is 362 g/mol. The lowest BCUT2D eigenvalue weighted by Crippen LogP contribution is -2.43. The maximum absolute atomic E-state index is 12.6. The number of para-hydroxylation sites is 1. The Morgan fingerprint density at radius 1 is 1.26 bits per heavy atom. The van der Waals surface area contributed by atoms with Crippen molar-refractivity contribution in [3.63, 3.8) is 0 Å². The van der Waals surface area contributed by atoms with Gasteiger partial charge in [-0.3, -0.25) is 4.79 Å². The van der Waals surface area contributed by atoms with Crippen LogP contribution in [-0.4, -0.2) is 40.7 Å². The summed E-state index contributed by atoms with van der Waals surface area (Å²) in [5.74, 6) is 0.858. The van der Waals surface area contributed by atoms with Crippen molar-refractivity contribution < 1.29 is 4.79 Å². The Morgan fingerprint density at radius 2 is 2.15 bits per heavy atom. The van der Waals surface area contributed by atoms with E-state index in [1.165, 1.54) is 10.9 Å². The molecule has 1 atom stereocenters. The number of carbonyl (C=O) groups is 1. The lowest BCUT2D eigenvalue weighted by molar-refractivity contribution is -0.125. The summed E-state index contributed by atoms with van der Waals surface area (Å²) < 4.78 is 0. The molecule has 0 aliphatic carbocycles. The minimum Gasteiger partial charge on any atom is -0.361 e. The second-order valence-corrected chi connectivity index (χ2v) is 7.29. The first-order chi connectivity index (χ1) is 13.2. The van der Waals surface area contributed by atoms with Gasteiger partial charge in [0.15, 0.2) is 11.0 Å². The normalized spacial score (nSPS) is 17.2. The zero-order chi connectivity index (χ0) is 18.6. The topological polar surface area (TPSA) is 73.9 Å². The van der Waals surface area contributed by atoms with E-state index in [4.69, 9.17) is 11.6 Å². The summed E-state index contributed by atoms with van der Waals surface area (Å²) in [5.41, 5.74) is 2.36. The molecule has 0 unspecified atom stereocenters. The molecule has 27 heavy (non-hydrogen) atoms. The minimum atomic E-state index is -0.0285. The molecule has 140 valence electrons. The third-order valence-electron chi connectivity index (χ3n) is 5.10. The first-order valence-corrected chi connectivity index (χ1v) is 9.65. The van der Waals surface area contributed by atoms with Gasteiger partial charge in [-0.2, -0.15) is 0 Å². The van der Waals surface area contributed by atoms with Crippen LogP contribution in [0, 0.1) is 5.92 Å². The number of piperidine rings is 1. The summed E-state index contributed by atoms with van der Waals surface area (Å²) in [6.45, 7) is 2.18. The van der Waals surface area contributed by atoms with Gasteiger partial charge in [-0.05, 0) is 43.0 Å². The van der Waals surface area contributed by atoms with Crippen LogP contribution in [0.5, 0.6) is 0 Å². The van der Waals surface area contributed by atoms with E-state index >= 15 is 0 Å². The quantitative estimate of drug-likeness (QED) is 0.709. The fourth-order valence-electron chi connectivity index (χ4n) is 3.68. The predicted octanol–water partition coefficient (Wildman–Crippen LogP) is 3.19. The molecule has 1 fully saturated rings. The molecule has 1 aliphatic heterocycles. The minimum absolute atomic E-state index is 0.0285. The number of anilines is 1. The van der Waals surface area contributed by atoms with Gasteiger partial charge >= 0.3 is 0 Å². The van der Waals surface area contributed by atoms with E-state index in [9.17, 15) is 4.79 Å². The Bertz CT molecular complexity index is 924. The Kier molecular flexibility index (Phi) is 5.25. The highest BCUT2D eigenvalue weighted by Gasteiger charge is 2.26. The summed E-state index contributed by atoms with van der Waals surface area (Å²) in [5, 5.41) is 12.7. The van der Waals surface area contributed by atoms with Crippen molar-refractivity contribution in [3.8, 4) is 0 Å². The smallest absolute Gasteiger partial charge is 0.224 e. The summed E-state index contributed by atoms with van der Waals surface area (Å²) >= 11 is 5.81. The molecule has 3 heterocycles. The van der Waals surface area contributed by atoms with Crippen molar-refractivity contribution in [3.05, 3.63) is 53.3 Å². The van der Waals surface area contributed by atoms with Crippen molar-refractivity contribution in [2.75, 3.05) is 24.5 Å². The number of benzene rings is 1. The van der Waals surface area contributed by atoms with E-state index in [-0.39, 0.29) is 11.8 Å². The highest BCUT2D eigenvalue weighted by molar-refractivity contribution is 6.29. The standard InChI is InChI=1S/C20H22ClN5O/c21-18-7-8-19(25-24-18)26-11-3-4-15(13-26)20(27)22-10-9-14-12-23-17-6-2-1-5-16(14)17/h1-2,5-8,12,15,23H,3-4,9-11,13H2,(H,22,27)/t15-/m1/s1. The highest BCUT2D eigenvalue weighted by atomic mass is 35.5. The highest BCUT2D eigenvalue weighted by Crippen LogP contribution is 2.22. The Morgan fingerprint density at radius 3 is 3.00 bits per heavy atom. The van der Waals surface area contributed by atoms with Crippen molar-refractivity contribution in [2.45, 2.75) is 19.3 Å². The van der Waals surface area contributed by atoms with Crippen LogP contribution in [0.25, 0.3) is 10.9 Å². The van der Waals surface area contributed by atoms with E-state index in [1.807, 2.05) is 24.4 Å². The van der Waals surface area contributed by atoms with Gasteiger partial charge in [-0.25, -0.2) is 0 Å². The zero-order valence-electron chi connectivity index (χ0n) is 15.0. The first-order valence-electron chi connectivity index (χ1n) is 9.27. The first kappa shape index (κ1) is 17.8. The molecule has 1 aliphatic rings. The van der Waals surface area contributed by atoms with E-state index in [2.05, 4.69) is 37.5 Å². The number of carbonyl (C=O) groups excluding carboxylic acids is 1. The maximum Gasteiger partial charge on any atom is 0.224 e. The van der Waals surface area contributed by atoms with Gasteiger partial charge < -0.3 is 15.2 Å². The maximum atomic E-state index is 12.6. The van der Waals surface area contributed by atoms with Crippen molar-refractivity contribution in [1.29, 1.82) is 0 Å². The Balaban J connectivity index is 1.32. The number of nitrogens with one attached hydrogen (secondary N) is 2. The van der Waals surface area contributed by atoms with Crippen molar-refractivity contribution in [1.82, 2.24) is 20.5 Å². The number of aromatic nitrogens is 3. The number of fused-ring (bicyclic) bond motifs is 1. The van der Waals surface area contributed by atoms with E-state index < -0.39 is 0 Å². The number of nitrogens with zero attached hydrogens (tertiary/aromatic N) is 3. The van der Waals surface area contributed by atoms with E-state index in [0.717, 1.165) is 37.1 Å². The summed E-state index contributed by atoms with van der Waals surface area (Å²) in [4.78, 5) is 18.0. The van der Waals surface area contributed by atoms with E-state index in [0.29, 0.717) is 18.2 Å². The van der Waals surface area contributed by atoms with Gasteiger partial charge in [0.25, 0.3) is 0 Å². The lowest BCUT2D eigenvalue weighted by Gasteiger charge is -2.32. The van der Waals surface area contributed by atoms with Gasteiger partial charge in [0.2, 0.25) is 5.91 Å².